The van der Waals surface area contributed by atoms with Crippen molar-refractivity contribution >= 4 is 32.9 Å². The fourth-order valence-electron chi connectivity index (χ4n) is 2.00. The van der Waals surface area contributed by atoms with E-state index in [4.69, 9.17) is 0 Å². The number of nitrogens with zero attached hydrogens (tertiary/aromatic N) is 3. The summed E-state index contributed by atoms with van der Waals surface area (Å²) in [6.07, 6.45) is 4.63. The van der Waals surface area contributed by atoms with Gasteiger partial charge in [0.2, 0.25) is 0 Å². The monoisotopic (exact) mass is 331 g/mol. The van der Waals surface area contributed by atoms with Crippen molar-refractivity contribution in [3.8, 4) is 11.3 Å². The smallest absolute Gasteiger partial charge is 0.156 e. The van der Waals surface area contributed by atoms with Gasteiger partial charge in [-0.2, -0.15) is 0 Å². The molecule has 0 atom stereocenters. The van der Waals surface area contributed by atoms with Crippen molar-refractivity contribution in [1.82, 2.24) is 19.9 Å². The number of hydrogen-bond acceptors (Lipinski definition) is 4. The molecule has 6 heteroatoms. The highest BCUT2D eigenvalue weighted by Crippen LogP contribution is 2.26. The molecular weight excluding hydrogens is 318 g/mol. The molecule has 3 rings (SSSR count). The van der Waals surface area contributed by atoms with Gasteiger partial charge in [-0.05, 0) is 34.5 Å². The second-order valence-corrected chi connectivity index (χ2v) is 5.24. The lowest BCUT2D eigenvalue weighted by atomic mass is 10.2. The number of fused-ring (bicyclic) bond motifs is 1. The SMILES string of the molecule is CCCNc1cccc(-c2c[nH]c3ncc(Br)nc23)n1. The summed E-state index contributed by atoms with van der Waals surface area (Å²) >= 11 is 3.35. The molecule has 0 unspecified atom stereocenters. The van der Waals surface area contributed by atoms with Crippen molar-refractivity contribution in [3.63, 3.8) is 0 Å². The van der Waals surface area contributed by atoms with E-state index in [1.165, 1.54) is 0 Å². The van der Waals surface area contributed by atoms with Crippen molar-refractivity contribution in [2.45, 2.75) is 13.3 Å². The molecule has 3 aromatic rings. The summed E-state index contributed by atoms with van der Waals surface area (Å²) in [5, 5.41) is 3.29. The van der Waals surface area contributed by atoms with Gasteiger partial charge in [0.15, 0.2) is 5.65 Å². The molecule has 0 spiro atoms. The number of rotatable bonds is 4. The number of pyridine rings is 1. The molecule has 0 saturated heterocycles. The predicted octanol–water partition coefficient (Wildman–Crippen LogP) is 3.60. The first-order chi connectivity index (χ1) is 9.78. The van der Waals surface area contributed by atoms with Crippen LogP contribution in [0.5, 0.6) is 0 Å². The van der Waals surface area contributed by atoms with Crippen molar-refractivity contribution in [2.24, 2.45) is 0 Å². The Hall–Kier alpha value is -1.95. The van der Waals surface area contributed by atoms with Crippen LogP contribution in [-0.4, -0.2) is 26.5 Å². The molecule has 2 N–H and O–H groups in total. The Morgan fingerprint density at radius 1 is 1.30 bits per heavy atom. The van der Waals surface area contributed by atoms with Crippen LogP contribution in [0, 0.1) is 0 Å². The van der Waals surface area contributed by atoms with E-state index in [-0.39, 0.29) is 0 Å². The van der Waals surface area contributed by atoms with Gasteiger partial charge in [-0.25, -0.2) is 15.0 Å². The van der Waals surface area contributed by atoms with Crippen molar-refractivity contribution in [2.75, 3.05) is 11.9 Å². The molecule has 0 aliphatic carbocycles. The summed E-state index contributed by atoms with van der Waals surface area (Å²) in [5.41, 5.74) is 3.41. The molecule has 5 nitrogen and oxygen atoms in total. The largest absolute Gasteiger partial charge is 0.370 e. The van der Waals surface area contributed by atoms with Crippen molar-refractivity contribution in [1.29, 1.82) is 0 Å². The quantitative estimate of drug-likeness (QED) is 0.766. The summed E-state index contributed by atoms with van der Waals surface area (Å²) in [5.74, 6) is 0.877. The Morgan fingerprint density at radius 3 is 3.05 bits per heavy atom. The zero-order valence-electron chi connectivity index (χ0n) is 11.0. The van der Waals surface area contributed by atoms with Gasteiger partial charge in [0, 0.05) is 18.3 Å². The van der Waals surface area contributed by atoms with Gasteiger partial charge in [-0.1, -0.05) is 13.0 Å². The highest BCUT2D eigenvalue weighted by Gasteiger charge is 2.10. The van der Waals surface area contributed by atoms with E-state index in [1.807, 2.05) is 24.4 Å². The number of nitrogens with one attached hydrogen (secondary N) is 2. The van der Waals surface area contributed by atoms with Crippen LogP contribution >= 0.6 is 15.9 Å². The van der Waals surface area contributed by atoms with Crippen LogP contribution in [0.1, 0.15) is 13.3 Å². The van der Waals surface area contributed by atoms with Gasteiger partial charge >= 0.3 is 0 Å². The summed E-state index contributed by atoms with van der Waals surface area (Å²) in [6.45, 7) is 3.04. The van der Waals surface area contributed by atoms with Crippen LogP contribution in [0.2, 0.25) is 0 Å². The fourth-order valence-corrected chi connectivity index (χ4v) is 2.28. The molecule has 0 radical (unpaired) electrons. The first kappa shape index (κ1) is 13.1. The standard InChI is InChI=1S/C14H14BrN5/c1-2-6-16-12-5-3-4-10(19-12)9-7-17-14-13(9)20-11(15)8-18-14/h3-5,7-8H,2,6H2,1H3,(H,16,19)(H,17,18). The summed E-state index contributed by atoms with van der Waals surface area (Å²) in [7, 11) is 0. The molecule has 0 amide bonds. The van der Waals surface area contributed by atoms with Gasteiger partial charge in [0.05, 0.1) is 11.9 Å². The lowest BCUT2D eigenvalue weighted by Gasteiger charge is -2.05. The molecule has 3 aromatic heterocycles. The fraction of sp³-hybridized carbons (Fsp3) is 0.214. The van der Waals surface area contributed by atoms with Crippen molar-refractivity contribution in [3.05, 3.63) is 35.2 Å². The molecule has 0 aromatic carbocycles. The molecular formula is C14H14BrN5. The number of aromatic amines is 1. The predicted molar refractivity (Wildman–Crippen MR) is 83.6 cm³/mol. The van der Waals surface area contributed by atoms with Crippen LogP contribution in [0.15, 0.2) is 35.2 Å². The first-order valence-corrected chi connectivity index (χ1v) is 7.28. The van der Waals surface area contributed by atoms with Crippen LogP contribution in [0.25, 0.3) is 22.4 Å². The van der Waals surface area contributed by atoms with Gasteiger partial charge in [0.1, 0.15) is 15.9 Å². The third-order valence-electron chi connectivity index (χ3n) is 2.93. The number of aromatic nitrogens is 4. The van der Waals surface area contributed by atoms with Crippen LogP contribution in [-0.2, 0) is 0 Å². The Bertz CT molecular complexity index is 737. The van der Waals surface area contributed by atoms with E-state index in [1.54, 1.807) is 6.20 Å². The Morgan fingerprint density at radius 2 is 2.20 bits per heavy atom. The zero-order chi connectivity index (χ0) is 13.9. The highest BCUT2D eigenvalue weighted by molar-refractivity contribution is 9.10. The minimum absolute atomic E-state index is 0.714. The average molecular weight is 332 g/mol. The topological polar surface area (TPSA) is 66.5 Å². The van der Waals surface area contributed by atoms with Gasteiger partial charge < -0.3 is 10.3 Å². The lowest BCUT2D eigenvalue weighted by Crippen LogP contribution is -2.01. The van der Waals surface area contributed by atoms with E-state index in [0.29, 0.717) is 4.60 Å². The van der Waals surface area contributed by atoms with Crippen LogP contribution < -0.4 is 5.32 Å². The maximum absolute atomic E-state index is 4.62. The van der Waals surface area contributed by atoms with E-state index < -0.39 is 0 Å². The zero-order valence-corrected chi connectivity index (χ0v) is 12.6. The van der Waals surface area contributed by atoms with Crippen LogP contribution in [0.4, 0.5) is 5.82 Å². The minimum atomic E-state index is 0.714. The van der Waals surface area contributed by atoms with Gasteiger partial charge in [0.25, 0.3) is 0 Å². The van der Waals surface area contributed by atoms with Gasteiger partial charge in [-0.15, -0.1) is 0 Å². The second kappa shape index (κ2) is 5.58. The Kier molecular flexibility index (Phi) is 3.64. The molecule has 102 valence electrons. The van der Waals surface area contributed by atoms with E-state index in [9.17, 15) is 0 Å². The third-order valence-corrected chi connectivity index (χ3v) is 3.31. The molecule has 0 aliphatic heterocycles. The molecule has 0 saturated carbocycles. The Balaban J connectivity index is 2.04. The normalized spacial score (nSPS) is 10.9. The lowest BCUT2D eigenvalue weighted by molar-refractivity contribution is 0.970. The van der Waals surface area contributed by atoms with E-state index in [2.05, 4.69) is 48.1 Å². The van der Waals surface area contributed by atoms with Crippen molar-refractivity contribution < 1.29 is 0 Å². The molecule has 0 bridgehead atoms. The van der Waals surface area contributed by atoms with E-state index in [0.717, 1.165) is 41.2 Å². The molecule has 3 heterocycles. The molecule has 0 fully saturated rings. The van der Waals surface area contributed by atoms with Gasteiger partial charge in [-0.3, -0.25) is 0 Å². The number of H-pyrrole nitrogens is 1. The summed E-state index contributed by atoms with van der Waals surface area (Å²) < 4.78 is 0.714. The Labute approximate surface area is 125 Å². The minimum Gasteiger partial charge on any atom is -0.370 e. The van der Waals surface area contributed by atoms with Crippen LogP contribution in [0.3, 0.4) is 0 Å². The summed E-state index contributed by atoms with van der Waals surface area (Å²) in [4.78, 5) is 16.5. The maximum Gasteiger partial charge on any atom is 0.156 e. The highest BCUT2D eigenvalue weighted by atomic mass is 79.9. The number of anilines is 1. The maximum atomic E-state index is 4.62. The summed E-state index contributed by atoms with van der Waals surface area (Å²) in [6, 6.07) is 5.93. The number of halogens is 1. The second-order valence-electron chi connectivity index (χ2n) is 4.43. The van der Waals surface area contributed by atoms with E-state index >= 15 is 0 Å². The average Bonchev–Trinajstić information content (AvgIpc) is 2.88. The first-order valence-electron chi connectivity index (χ1n) is 6.49. The molecule has 0 aliphatic rings. The molecule has 20 heavy (non-hydrogen) atoms. The number of hydrogen-bond donors (Lipinski definition) is 2. The third kappa shape index (κ3) is 2.51.